The molecule has 1 aromatic carbocycles. The highest BCUT2D eigenvalue weighted by Gasteiger charge is 2.20. The zero-order valence-electron chi connectivity index (χ0n) is 12.3. The summed E-state index contributed by atoms with van der Waals surface area (Å²) in [5.74, 6) is -0.513. The van der Waals surface area contributed by atoms with Crippen molar-refractivity contribution in [2.24, 2.45) is 5.92 Å². The summed E-state index contributed by atoms with van der Waals surface area (Å²) in [6.07, 6.45) is 0.779. The van der Waals surface area contributed by atoms with Gasteiger partial charge >= 0.3 is 0 Å². The van der Waals surface area contributed by atoms with Gasteiger partial charge in [-0.05, 0) is 30.7 Å². The number of benzene rings is 1. The van der Waals surface area contributed by atoms with Crippen LogP contribution in [0.2, 0.25) is 0 Å². The molecule has 0 aliphatic heterocycles. The quantitative estimate of drug-likeness (QED) is 0.511. The average Bonchev–Trinajstić information content (AvgIpc) is 2.45. The van der Waals surface area contributed by atoms with Crippen LogP contribution in [0.5, 0.6) is 0 Å². The second-order valence-electron chi connectivity index (χ2n) is 5.14. The summed E-state index contributed by atoms with van der Waals surface area (Å²) in [4.78, 5) is 0. The van der Waals surface area contributed by atoms with Crippen molar-refractivity contribution in [3.63, 3.8) is 0 Å². The zero-order chi connectivity index (χ0) is 15.7. The predicted octanol–water partition coefficient (Wildman–Crippen LogP) is 2.26. The third kappa shape index (κ3) is 8.16. The molecule has 120 valence electrons. The molecule has 0 spiro atoms. The fraction of sp³-hybridized carbons (Fsp3) is 0.600. The first-order chi connectivity index (χ1) is 9.92. The van der Waals surface area contributed by atoms with Crippen LogP contribution in [0.25, 0.3) is 0 Å². The lowest BCUT2D eigenvalue weighted by Gasteiger charge is -2.21. The third-order valence-corrected chi connectivity index (χ3v) is 4.21. The number of hydrogen-bond acceptors (Lipinski definition) is 4. The van der Waals surface area contributed by atoms with E-state index in [1.807, 2.05) is 37.3 Å². The molecular weight excluding hydrogens is 292 g/mol. The van der Waals surface area contributed by atoms with E-state index in [2.05, 4.69) is 0 Å². The topological polar surface area (TPSA) is 83.8 Å². The molecule has 1 aromatic rings. The van der Waals surface area contributed by atoms with Gasteiger partial charge in [-0.1, -0.05) is 37.3 Å². The van der Waals surface area contributed by atoms with Gasteiger partial charge in [-0.3, -0.25) is 4.55 Å². The number of hydrogen-bond donors (Lipinski definition) is 2. The third-order valence-electron chi connectivity index (χ3n) is 3.45. The molecule has 21 heavy (non-hydrogen) atoms. The van der Waals surface area contributed by atoms with E-state index in [9.17, 15) is 13.5 Å². The van der Waals surface area contributed by atoms with Gasteiger partial charge in [-0.15, -0.1) is 0 Å². The van der Waals surface area contributed by atoms with Crippen LogP contribution in [0.4, 0.5) is 0 Å². The Labute approximate surface area is 126 Å². The average molecular weight is 316 g/mol. The predicted molar refractivity (Wildman–Crippen MR) is 81.5 cm³/mol. The van der Waals surface area contributed by atoms with Crippen molar-refractivity contribution in [2.45, 2.75) is 38.9 Å². The Kier molecular flexibility index (Phi) is 7.88. The maximum absolute atomic E-state index is 10.8. The number of aliphatic hydroxyl groups is 1. The van der Waals surface area contributed by atoms with Crippen molar-refractivity contribution < 1.29 is 22.8 Å². The van der Waals surface area contributed by atoms with Gasteiger partial charge in [0.2, 0.25) is 0 Å². The summed E-state index contributed by atoms with van der Waals surface area (Å²) < 4.78 is 36.0. The van der Waals surface area contributed by atoms with Crippen LogP contribution in [0.3, 0.4) is 0 Å². The molecule has 0 radical (unpaired) electrons. The molecule has 6 heteroatoms. The summed E-state index contributed by atoms with van der Waals surface area (Å²) >= 11 is 0. The smallest absolute Gasteiger partial charge is 0.264 e. The second-order valence-corrected chi connectivity index (χ2v) is 6.71. The molecule has 0 heterocycles. The van der Waals surface area contributed by atoms with E-state index in [4.69, 9.17) is 9.29 Å². The maximum Gasteiger partial charge on any atom is 0.264 e. The van der Waals surface area contributed by atoms with Crippen LogP contribution >= 0.6 is 0 Å². The van der Waals surface area contributed by atoms with Crippen molar-refractivity contribution in [2.75, 3.05) is 12.4 Å². The first kappa shape index (κ1) is 18.1. The first-order valence-corrected chi connectivity index (χ1v) is 8.78. The summed E-state index contributed by atoms with van der Waals surface area (Å²) in [5.41, 5.74) is 1.07. The number of rotatable bonds is 10. The SMILES string of the molecule is CCC(O)C(CCOCc1ccccc1)CCS(=O)(=O)O. The van der Waals surface area contributed by atoms with Crippen molar-refractivity contribution in [3.05, 3.63) is 35.9 Å². The largest absolute Gasteiger partial charge is 0.393 e. The van der Waals surface area contributed by atoms with Crippen molar-refractivity contribution in [1.82, 2.24) is 0 Å². The molecule has 1 rings (SSSR count). The Morgan fingerprint density at radius 2 is 1.86 bits per heavy atom. The van der Waals surface area contributed by atoms with Gasteiger partial charge in [0, 0.05) is 6.61 Å². The van der Waals surface area contributed by atoms with E-state index in [-0.39, 0.29) is 18.1 Å². The summed E-state index contributed by atoms with van der Waals surface area (Å²) in [6.45, 7) is 2.78. The summed E-state index contributed by atoms with van der Waals surface area (Å²) in [7, 11) is -3.99. The van der Waals surface area contributed by atoms with Gasteiger partial charge in [0.1, 0.15) is 0 Å². The molecule has 0 saturated carbocycles. The van der Waals surface area contributed by atoms with E-state index in [0.717, 1.165) is 5.56 Å². The van der Waals surface area contributed by atoms with Gasteiger partial charge in [0.15, 0.2) is 0 Å². The number of aliphatic hydroxyl groups excluding tert-OH is 1. The Bertz CT molecular complexity index is 486. The van der Waals surface area contributed by atoms with E-state index in [1.54, 1.807) is 0 Å². The molecule has 5 nitrogen and oxygen atoms in total. The highest BCUT2D eigenvalue weighted by Crippen LogP contribution is 2.18. The monoisotopic (exact) mass is 316 g/mol. The summed E-state index contributed by atoms with van der Waals surface area (Å²) in [6, 6.07) is 9.75. The summed E-state index contributed by atoms with van der Waals surface area (Å²) in [5, 5.41) is 9.90. The lowest BCUT2D eigenvalue weighted by molar-refractivity contribution is 0.0565. The molecule has 2 unspecified atom stereocenters. The van der Waals surface area contributed by atoms with Crippen molar-refractivity contribution in [3.8, 4) is 0 Å². The van der Waals surface area contributed by atoms with E-state index in [1.165, 1.54) is 0 Å². The Balaban J connectivity index is 2.35. The zero-order valence-corrected chi connectivity index (χ0v) is 13.1. The fourth-order valence-electron chi connectivity index (χ4n) is 2.16. The van der Waals surface area contributed by atoms with Crippen LogP contribution < -0.4 is 0 Å². The van der Waals surface area contributed by atoms with Crippen LogP contribution in [-0.2, 0) is 21.5 Å². The first-order valence-electron chi connectivity index (χ1n) is 7.17. The van der Waals surface area contributed by atoms with Gasteiger partial charge in [0.05, 0.1) is 18.5 Å². The molecule has 0 fully saturated rings. The molecule has 0 bridgehead atoms. The van der Waals surface area contributed by atoms with Crippen molar-refractivity contribution in [1.29, 1.82) is 0 Å². The molecule has 0 aliphatic carbocycles. The Morgan fingerprint density at radius 1 is 1.19 bits per heavy atom. The number of ether oxygens (including phenoxy) is 1. The van der Waals surface area contributed by atoms with Crippen LogP contribution in [0.15, 0.2) is 30.3 Å². The Hall–Kier alpha value is -0.950. The molecule has 0 aromatic heterocycles. The molecule has 2 atom stereocenters. The molecule has 0 aliphatic rings. The maximum atomic E-state index is 10.8. The second kappa shape index (κ2) is 9.15. The lowest BCUT2D eigenvalue weighted by atomic mass is 9.94. The van der Waals surface area contributed by atoms with Gasteiger partial charge in [0.25, 0.3) is 10.1 Å². The molecule has 0 amide bonds. The Morgan fingerprint density at radius 3 is 2.43 bits per heavy atom. The molecular formula is C15H24O5S. The molecule has 0 saturated heterocycles. The highest BCUT2D eigenvalue weighted by molar-refractivity contribution is 7.85. The minimum atomic E-state index is -3.99. The lowest BCUT2D eigenvalue weighted by Crippen LogP contribution is -2.24. The van der Waals surface area contributed by atoms with E-state index >= 15 is 0 Å². The fourth-order valence-corrected chi connectivity index (χ4v) is 2.76. The van der Waals surface area contributed by atoms with Gasteiger partial charge < -0.3 is 9.84 Å². The standard InChI is InChI=1S/C15H24O5S/c1-2-15(16)14(9-11-21(17,18)19)8-10-20-12-13-6-4-3-5-7-13/h3-7,14-16H,2,8-12H2,1H3,(H,17,18,19). The minimum Gasteiger partial charge on any atom is -0.393 e. The van der Waals surface area contributed by atoms with Crippen LogP contribution in [-0.4, -0.2) is 36.5 Å². The molecule has 2 N–H and O–H groups in total. The van der Waals surface area contributed by atoms with Gasteiger partial charge in [-0.2, -0.15) is 8.42 Å². The van der Waals surface area contributed by atoms with Crippen LogP contribution in [0.1, 0.15) is 31.7 Å². The normalized spacial score (nSPS) is 14.8. The van der Waals surface area contributed by atoms with E-state index in [0.29, 0.717) is 26.1 Å². The van der Waals surface area contributed by atoms with Crippen LogP contribution in [0, 0.1) is 5.92 Å². The van der Waals surface area contributed by atoms with E-state index < -0.39 is 16.2 Å². The highest BCUT2D eigenvalue weighted by atomic mass is 32.2. The minimum absolute atomic E-state index is 0.187. The van der Waals surface area contributed by atoms with Crippen molar-refractivity contribution >= 4 is 10.1 Å². The van der Waals surface area contributed by atoms with Gasteiger partial charge in [-0.25, -0.2) is 0 Å².